The summed E-state index contributed by atoms with van der Waals surface area (Å²) in [6, 6.07) is 6.44. The number of nitrogens with two attached hydrogens (primary N) is 1. The van der Waals surface area contributed by atoms with Gasteiger partial charge < -0.3 is 16.2 Å². The lowest BCUT2D eigenvalue weighted by molar-refractivity contribution is -0.119. The van der Waals surface area contributed by atoms with Gasteiger partial charge in [0.2, 0.25) is 5.91 Å². The Hall–Kier alpha value is -2.67. The van der Waals surface area contributed by atoms with Crippen LogP contribution < -0.4 is 11.1 Å². The highest BCUT2D eigenvalue weighted by atomic mass is 32.1. The molecule has 4 N–H and O–H groups in total. The molecule has 24 heavy (non-hydrogen) atoms. The smallest absolute Gasteiger partial charge is 0.335 e. The third kappa shape index (κ3) is 4.42. The van der Waals surface area contributed by atoms with Crippen LogP contribution in [0, 0.1) is 0 Å². The number of hydrogen-bond donors (Lipinski definition) is 3. The number of aromatic nitrogens is 1. The number of nitrogens with one attached hydrogen (secondary N) is 1. The predicted octanol–water partition coefficient (Wildman–Crippen LogP) is 2.88. The molecule has 0 aliphatic rings. The maximum absolute atomic E-state index is 12.0. The molecule has 1 aromatic carbocycles. The van der Waals surface area contributed by atoms with Gasteiger partial charge in [-0.25, -0.2) is 9.78 Å². The van der Waals surface area contributed by atoms with Crippen LogP contribution >= 0.6 is 11.3 Å². The molecule has 0 radical (unpaired) electrons. The van der Waals surface area contributed by atoms with Crippen LogP contribution in [0.2, 0.25) is 0 Å². The van der Waals surface area contributed by atoms with Gasteiger partial charge in [-0.2, -0.15) is 0 Å². The van der Waals surface area contributed by atoms with E-state index in [1.54, 1.807) is 24.3 Å². The summed E-state index contributed by atoms with van der Waals surface area (Å²) in [5.41, 5.74) is 7.35. The van der Waals surface area contributed by atoms with Crippen molar-refractivity contribution in [3.8, 4) is 0 Å². The van der Waals surface area contributed by atoms with E-state index < -0.39 is 5.97 Å². The fraction of sp³-hybridized carbons (Fsp3) is 0.235. The van der Waals surface area contributed by atoms with Crippen molar-refractivity contribution in [1.82, 2.24) is 10.3 Å². The Bertz CT molecular complexity index is 781. The van der Waals surface area contributed by atoms with Crippen LogP contribution in [0.5, 0.6) is 0 Å². The summed E-state index contributed by atoms with van der Waals surface area (Å²) in [5, 5.41) is 13.1. The number of benzene rings is 1. The standard InChI is InChI=1S/C17H19N3O3S/c1-10(2)15-16(18)24-14(20-15)7-8-19-13(21)9-11-5-3-4-6-12(11)17(22)23/h3-8,10H,9,18H2,1-2H3,(H,19,21)(H,22,23). The van der Waals surface area contributed by atoms with E-state index >= 15 is 0 Å². The van der Waals surface area contributed by atoms with Crippen molar-refractivity contribution in [1.29, 1.82) is 0 Å². The molecule has 6 nitrogen and oxygen atoms in total. The molecule has 0 fully saturated rings. The maximum Gasteiger partial charge on any atom is 0.335 e. The molecule has 0 saturated heterocycles. The molecule has 1 amide bonds. The monoisotopic (exact) mass is 345 g/mol. The number of anilines is 1. The number of carboxylic acid groups (broad SMARTS) is 1. The molecule has 2 aromatic rings. The van der Waals surface area contributed by atoms with Crippen molar-refractivity contribution < 1.29 is 14.7 Å². The van der Waals surface area contributed by atoms with Gasteiger partial charge in [-0.1, -0.05) is 43.4 Å². The van der Waals surface area contributed by atoms with Gasteiger partial charge in [-0.3, -0.25) is 4.79 Å². The Morgan fingerprint density at radius 3 is 2.71 bits per heavy atom. The topological polar surface area (TPSA) is 105 Å². The minimum absolute atomic E-state index is 0.00986. The Balaban J connectivity index is 1.99. The number of carbonyl (C=O) groups excluding carboxylic acids is 1. The number of carboxylic acids is 1. The molecule has 126 valence electrons. The van der Waals surface area contributed by atoms with Gasteiger partial charge in [0.25, 0.3) is 0 Å². The largest absolute Gasteiger partial charge is 0.478 e. The number of amides is 1. The SMILES string of the molecule is CC(C)c1nc(C=CNC(=O)Cc2ccccc2C(=O)O)sc1N. The molecular weight excluding hydrogens is 326 g/mol. The summed E-state index contributed by atoms with van der Waals surface area (Å²) < 4.78 is 0. The van der Waals surface area contributed by atoms with Crippen LogP contribution in [0.1, 0.15) is 46.4 Å². The number of aromatic carboxylic acids is 1. The second kappa shape index (κ2) is 7.74. The average Bonchev–Trinajstić information content (AvgIpc) is 2.88. The number of nitrogen functional groups attached to an aromatic ring is 1. The molecule has 0 bridgehead atoms. The van der Waals surface area contributed by atoms with Crippen molar-refractivity contribution in [3.05, 3.63) is 52.3 Å². The molecule has 7 heteroatoms. The van der Waals surface area contributed by atoms with Crippen LogP contribution in [0.3, 0.4) is 0 Å². The predicted molar refractivity (Wildman–Crippen MR) is 94.9 cm³/mol. The summed E-state index contributed by atoms with van der Waals surface area (Å²) in [6.45, 7) is 4.03. The van der Waals surface area contributed by atoms with E-state index in [9.17, 15) is 9.59 Å². The zero-order valence-electron chi connectivity index (χ0n) is 13.4. The first-order valence-corrected chi connectivity index (χ1v) is 8.23. The maximum atomic E-state index is 12.0. The van der Waals surface area contributed by atoms with Crippen molar-refractivity contribution in [2.75, 3.05) is 5.73 Å². The lowest BCUT2D eigenvalue weighted by atomic mass is 10.0. The Morgan fingerprint density at radius 1 is 1.38 bits per heavy atom. The van der Waals surface area contributed by atoms with Crippen LogP contribution in [-0.4, -0.2) is 22.0 Å². The van der Waals surface area contributed by atoms with Gasteiger partial charge in [0.1, 0.15) is 10.0 Å². The van der Waals surface area contributed by atoms with Gasteiger partial charge in [-0.05, 0) is 23.6 Å². The quantitative estimate of drug-likeness (QED) is 0.746. The van der Waals surface area contributed by atoms with Crippen molar-refractivity contribution in [2.45, 2.75) is 26.2 Å². The molecule has 1 aromatic heterocycles. The van der Waals surface area contributed by atoms with Crippen LogP contribution in [-0.2, 0) is 11.2 Å². The first kappa shape index (κ1) is 17.7. The highest BCUT2D eigenvalue weighted by Crippen LogP contribution is 2.27. The Labute approximate surface area is 144 Å². The number of hydrogen-bond acceptors (Lipinski definition) is 5. The lowest BCUT2D eigenvalue weighted by Crippen LogP contribution is -2.20. The molecular formula is C17H19N3O3S. The fourth-order valence-electron chi connectivity index (χ4n) is 2.16. The van der Waals surface area contributed by atoms with Gasteiger partial charge >= 0.3 is 5.97 Å². The summed E-state index contributed by atoms with van der Waals surface area (Å²) >= 11 is 1.36. The first-order valence-electron chi connectivity index (χ1n) is 7.41. The number of carbonyl (C=O) groups is 2. The minimum atomic E-state index is -1.05. The number of rotatable bonds is 6. The molecule has 1 heterocycles. The normalized spacial score (nSPS) is 11.1. The van der Waals surface area contributed by atoms with Crippen LogP contribution in [0.15, 0.2) is 30.5 Å². The Kier molecular flexibility index (Phi) is 5.70. The third-order valence-corrected chi connectivity index (χ3v) is 4.18. The van der Waals surface area contributed by atoms with Crippen LogP contribution in [0.4, 0.5) is 5.00 Å². The van der Waals surface area contributed by atoms with E-state index in [0.29, 0.717) is 15.6 Å². The molecule has 0 spiro atoms. The van der Waals surface area contributed by atoms with Crippen LogP contribution in [0.25, 0.3) is 6.08 Å². The first-order chi connectivity index (χ1) is 11.4. The van der Waals surface area contributed by atoms with Crippen molar-refractivity contribution in [3.63, 3.8) is 0 Å². The average molecular weight is 345 g/mol. The summed E-state index contributed by atoms with van der Waals surface area (Å²) in [6.07, 6.45) is 3.16. The second-order valence-corrected chi connectivity index (χ2v) is 6.56. The fourth-order valence-corrected chi connectivity index (χ4v) is 3.05. The highest BCUT2D eigenvalue weighted by molar-refractivity contribution is 7.16. The van der Waals surface area contributed by atoms with Gasteiger partial charge in [0.15, 0.2) is 0 Å². The lowest BCUT2D eigenvalue weighted by Gasteiger charge is -2.04. The van der Waals surface area contributed by atoms with Gasteiger partial charge in [-0.15, -0.1) is 0 Å². The third-order valence-electron chi connectivity index (χ3n) is 3.31. The van der Waals surface area contributed by atoms with Crippen molar-refractivity contribution in [2.24, 2.45) is 0 Å². The number of thiazole rings is 1. The second-order valence-electron chi connectivity index (χ2n) is 5.50. The molecule has 0 saturated carbocycles. The minimum Gasteiger partial charge on any atom is -0.478 e. The molecule has 0 aliphatic heterocycles. The van der Waals surface area contributed by atoms with Gasteiger partial charge in [0.05, 0.1) is 17.7 Å². The summed E-state index contributed by atoms with van der Waals surface area (Å²) in [7, 11) is 0. The Morgan fingerprint density at radius 2 is 2.08 bits per heavy atom. The zero-order chi connectivity index (χ0) is 17.7. The molecule has 0 aliphatic carbocycles. The van der Waals surface area contributed by atoms with E-state index in [0.717, 1.165) is 5.69 Å². The van der Waals surface area contributed by atoms with E-state index in [4.69, 9.17) is 10.8 Å². The highest BCUT2D eigenvalue weighted by Gasteiger charge is 2.12. The van der Waals surface area contributed by atoms with Gasteiger partial charge in [0, 0.05) is 6.20 Å². The molecule has 0 unspecified atom stereocenters. The molecule has 2 rings (SSSR count). The van der Waals surface area contributed by atoms with Crippen molar-refractivity contribution >= 4 is 34.3 Å². The van der Waals surface area contributed by atoms with E-state index in [1.165, 1.54) is 23.6 Å². The van der Waals surface area contributed by atoms with E-state index in [2.05, 4.69) is 10.3 Å². The number of nitrogens with zero attached hydrogens (tertiary/aromatic N) is 1. The molecule has 0 atom stereocenters. The van der Waals surface area contributed by atoms with E-state index in [-0.39, 0.29) is 23.8 Å². The zero-order valence-corrected chi connectivity index (χ0v) is 14.3. The summed E-state index contributed by atoms with van der Waals surface area (Å²) in [5.74, 6) is -1.10. The van der Waals surface area contributed by atoms with E-state index in [1.807, 2.05) is 13.8 Å². The summed E-state index contributed by atoms with van der Waals surface area (Å²) in [4.78, 5) is 27.5.